The normalized spacial score (nSPS) is 13.7. The first kappa shape index (κ1) is 17.0. The fourth-order valence-corrected chi connectivity index (χ4v) is 2.38. The van der Waals surface area contributed by atoms with E-state index in [1.165, 1.54) is 0 Å². The van der Waals surface area contributed by atoms with Gasteiger partial charge in [0.05, 0.1) is 6.42 Å². The van der Waals surface area contributed by atoms with E-state index in [0.29, 0.717) is 12.0 Å². The van der Waals surface area contributed by atoms with E-state index in [1.54, 1.807) is 50.9 Å². The molecule has 1 aromatic carbocycles. The van der Waals surface area contributed by atoms with E-state index >= 15 is 0 Å². The Hall–Kier alpha value is -2.37. The molecule has 2 rings (SSSR count). The number of carbonyl (C=O) groups is 3. The first-order valence-electron chi connectivity index (χ1n) is 7.57. The van der Waals surface area contributed by atoms with Gasteiger partial charge in [0.2, 0.25) is 5.91 Å². The van der Waals surface area contributed by atoms with Crippen molar-refractivity contribution in [1.29, 1.82) is 0 Å². The van der Waals surface area contributed by atoms with Gasteiger partial charge in [0.1, 0.15) is 5.60 Å². The molecule has 0 bridgehead atoms. The van der Waals surface area contributed by atoms with E-state index in [-0.39, 0.29) is 24.7 Å². The summed E-state index contributed by atoms with van der Waals surface area (Å²) in [5.41, 5.74) is 1.70. The number of anilines is 1. The SMILES string of the molecule is CN1C(=O)Cc2cc(C(=O)CCNC(=O)OC(C)(C)C)ccc21. The molecule has 2 amide bonds. The molecule has 0 aromatic heterocycles. The molecule has 1 N–H and O–H groups in total. The molecule has 1 aliphatic heterocycles. The lowest BCUT2D eigenvalue weighted by molar-refractivity contribution is -0.117. The van der Waals surface area contributed by atoms with Gasteiger partial charge in [0, 0.05) is 31.3 Å². The summed E-state index contributed by atoms with van der Waals surface area (Å²) in [5.74, 6) is -0.0537. The van der Waals surface area contributed by atoms with Crippen molar-refractivity contribution in [2.75, 3.05) is 18.5 Å². The van der Waals surface area contributed by atoms with Crippen LogP contribution in [0.15, 0.2) is 18.2 Å². The predicted octanol–water partition coefficient (Wildman–Crippen LogP) is 2.30. The summed E-state index contributed by atoms with van der Waals surface area (Å²) in [5, 5.41) is 2.56. The van der Waals surface area contributed by atoms with Crippen molar-refractivity contribution in [2.45, 2.75) is 39.2 Å². The van der Waals surface area contributed by atoms with E-state index in [2.05, 4.69) is 5.32 Å². The number of Topliss-reactive ketones (excluding diaryl/α,β-unsaturated/α-hetero) is 1. The van der Waals surface area contributed by atoms with Crippen molar-refractivity contribution in [2.24, 2.45) is 0 Å². The van der Waals surface area contributed by atoms with Crippen LogP contribution in [-0.2, 0) is 16.0 Å². The van der Waals surface area contributed by atoms with E-state index in [0.717, 1.165) is 11.3 Å². The molecule has 124 valence electrons. The number of likely N-dealkylation sites (N-methyl/N-ethyl adjacent to an activating group) is 1. The molecule has 6 nitrogen and oxygen atoms in total. The number of rotatable bonds is 4. The molecule has 0 atom stereocenters. The average Bonchev–Trinajstić information content (AvgIpc) is 2.71. The minimum absolute atomic E-state index is 0.0243. The van der Waals surface area contributed by atoms with Crippen molar-refractivity contribution in [3.05, 3.63) is 29.3 Å². The van der Waals surface area contributed by atoms with Crippen LogP contribution >= 0.6 is 0 Å². The van der Waals surface area contributed by atoms with Crippen LogP contribution in [0.25, 0.3) is 0 Å². The molecule has 0 fully saturated rings. The summed E-state index contributed by atoms with van der Waals surface area (Å²) in [6, 6.07) is 5.26. The monoisotopic (exact) mass is 318 g/mol. The first-order chi connectivity index (χ1) is 10.7. The van der Waals surface area contributed by atoms with Gasteiger partial charge in [-0.2, -0.15) is 0 Å². The average molecular weight is 318 g/mol. The number of fused-ring (bicyclic) bond motifs is 1. The third-order valence-electron chi connectivity index (χ3n) is 3.50. The number of alkyl carbamates (subject to hydrolysis) is 1. The second kappa shape index (κ2) is 6.40. The molecule has 6 heteroatoms. The van der Waals surface area contributed by atoms with Crippen molar-refractivity contribution >= 4 is 23.5 Å². The third kappa shape index (κ3) is 4.31. The molecule has 0 aliphatic carbocycles. The van der Waals surface area contributed by atoms with Gasteiger partial charge in [-0.15, -0.1) is 0 Å². The zero-order valence-electron chi connectivity index (χ0n) is 13.9. The summed E-state index contributed by atoms with van der Waals surface area (Å²) < 4.78 is 5.10. The molecule has 1 aromatic rings. The zero-order chi connectivity index (χ0) is 17.2. The first-order valence-corrected chi connectivity index (χ1v) is 7.57. The maximum absolute atomic E-state index is 12.2. The lowest BCUT2D eigenvalue weighted by Crippen LogP contribution is -2.33. The Bertz CT molecular complexity index is 646. The summed E-state index contributed by atoms with van der Waals surface area (Å²) in [4.78, 5) is 36.9. The minimum atomic E-state index is -0.563. The second-order valence-electron chi connectivity index (χ2n) is 6.57. The molecule has 0 unspecified atom stereocenters. The highest BCUT2D eigenvalue weighted by molar-refractivity contribution is 6.03. The quantitative estimate of drug-likeness (QED) is 0.864. The van der Waals surface area contributed by atoms with Crippen molar-refractivity contribution < 1.29 is 19.1 Å². The molecular formula is C17H22N2O4. The number of nitrogens with one attached hydrogen (secondary N) is 1. The predicted molar refractivity (Wildman–Crippen MR) is 86.7 cm³/mol. The minimum Gasteiger partial charge on any atom is -0.444 e. The number of hydrogen-bond donors (Lipinski definition) is 1. The largest absolute Gasteiger partial charge is 0.444 e. The van der Waals surface area contributed by atoms with Crippen LogP contribution in [0.2, 0.25) is 0 Å². The van der Waals surface area contributed by atoms with Gasteiger partial charge in [-0.25, -0.2) is 4.79 Å². The van der Waals surface area contributed by atoms with Crippen LogP contribution < -0.4 is 10.2 Å². The fourth-order valence-electron chi connectivity index (χ4n) is 2.38. The van der Waals surface area contributed by atoms with E-state index in [4.69, 9.17) is 4.74 Å². The van der Waals surface area contributed by atoms with Gasteiger partial charge >= 0.3 is 6.09 Å². The molecule has 0 saturated carbocycles. The third-order valence-corrected chi connectivity index (χ3v) is 3.50. The molecule has 0 spiro atoms. The summed E-state index contributed by atoms with van der Waals surface area (Å²) in [7, 11) is 1.72. The Kier molecular flexibility index (Phi) is 4.73. The molecule has 23 heavy (non-hydrogen) atoms. The summed E-state index contributed by atoms with van der Waals surface area (Å²) in [6.07, 6.45) is -0.0308. The molecule has 1 heterocycles. The van der Waals surface area contributed by atoms with Crippen molar-refractivity contribution in [1.82, 2.24) is 5.32 Å². The van der Waals surface area contributed by atoms with Crippen LogP contribution in [0.4, 0.5) is 10.5 Å². The second-order valence-corrected chi connectivity index (χ2v) is 6.57. The number of nitrogens with zero attached hydrogens (tertiary/aromatic N) is 1. The Morgan fingerprint density at radius 2 is 2.00 bits per heavy atom. The summed E-state index contributed by atoms with van der Waals surface area (Å²) in [6.45, 7) is 5.55. The topological polar surface area (TPSA) is 75.7 Å². The summed E-state index contributed by atoms with van der Waals surface area (Å²) >= 11 is 0. The number of ketones is 1. The van der Waals surface area contributed by atoms with E-state index < -0.39 is 11.7 Å². The molecule has 0 saturated heterocycles. The van der Waals surface area contributed by atoms with Crippen LogP contribution in [-0.4, -0.2) is 37.0 Å². The highest BCUT2D eigenvalue weighted by Gasteiger charge is 2.24. The van der Waals surface area contributed by atoms with Gasteiger partial charge in [0.25, 0.3) is 0 Å². The zero-order valence-corrected chi connectivity index (χ0v) is 13.9. The highest BCUT2D eigenvalue weighted by atomic mass is 16.6. The smallest absolute Gasteiger partial charge is 0.407 e. The van der Waals surface area contributed by atoms with Gasteiger partial charge in [-0.05, 0) is 44.5 Å². The number of amides is 2. The standard InChI is InChI=1S/C17H22N2O4/c1-17(2,3)23-16(22)18-8-7-14(20)11-5-6-13-12(9-11)10-15(21)19(13)4/h5-6,9H,7-8,10H2,1-4H3,(H,18,22). The van der Waals surface area contributed by atoms with Gasteiger partial charge in [-0.3, -0.25) is 9.59 Å². The van der Waals surface area contributed by atoms with Crippen molar-refractivity contribution in [3.8, 4) is 0 Å². The Labute approximate surface area is 135 Å². The maximum Gasteiger partial charge on any atom is 0.407 e. The van der Waals surface area contributed by atoms with Gasteiger partial charge in [0.15, 0.2) is 5.78 Å². The Morgan fingerprint density at radius 3 is 2.65 bits per heavy atom. The number of carbonyl (C=O) groups excluding carboxylic acids is 3. The van der Waals surface area contributed by atoms with E-state index in [1.807, 2.05) is 0 Å². The van der Waals surface area contributed by atoms with Crippen LogP contribution in [0.5, 0.6) is 0 Å². The van der Waals surface area contributed by atoms with Crippen LogP contribution in [0.1, 0.15) is 43.1 Å². The Balaban J connectivity index is 1.89. The number of ether oxygens (including phenoxy) is 1. The van der Waals surface area contributed by atoms with Gasteiger partial charge < -0.3 is 15.0 Å². The lowest BCUT2D eigenvalue weighted by Gasteiger charge is -2.19. The molecule has 1 aliphatic rings. The fraction of sp³-hybridized carbons (Fsp3) is 0.471. The van der Waals surface area contributed by atoms with Crippen LogP contribution in [0.3, 0.4) is 0 Å². The lowest BCUT2D eigenvalue weighted by atomic mass is 10.0. The van der Waals surface area contributed by atoms with Crippen molar-refractivity contribution in [3.63, 3.8) is 0 Å². The molecule has 0 radical (unpaired) electrons. The Morgan fingerprint density at radius 1 is 1.30 bits per heavy atom. The maximum atomic E-state index is 12.2. The number of hydrogen-bond acceptors (Lipinski definition) is 4. The van der Waals surface area contributed by atoms with Crippen LogP contribution in [0, 0.1) is 0 Å². The van der Waals surface area contributed by atoms with E-state index in [9.17, 15) is 14.4 Å². The van der Waals surface area contributed by atoms with Gasteiger partial charge in [-0.1, -0.05) is 0 Å². The highest BCUT2D eigenvalue weighted by Crippen LogP contribution is 2.28. The molecular weight excluding hydrogens is 296 g/mol. The number of benzene rings is 1.